The van der Waals surface area contributed by atoms with Gasteiger partial charge in [-0.3, -0.25) is 5.73 Å². The molecule has 4 nitrogen and oxygen atoms in total. The summed E-state index contributed by atoms with van der Waals surface area (Å²) >= 11 is 0. The smallest absolute Gasteiger partial charge is 0.155 e. The van der Waals surface area contributed by atoms with Gasteiger partial charge in [-0.05, 0) is 24.1 Å². The quantitative estimate of drug-likeness (QED) is 0.823. The van der Waals surface area contributed by atoms with Crippen molar-refractivity contribution in [3.63, 3.8) is 0 Å². The first kappa shape index (κ1) is 17.1. The Morgan fingerprint density at radius 2 is 1.68 bits per heavy atom. The SMILES string of the molecule is C=CCc1cc(C2=C(c3ccccc3)N(C)C(N)N2C)ccc1NC. The number of hydrogen-bond acceptors (Lipinski definition) is 4. The maximum absolute atomic E-state index is 6.41. The minimum Gasteiger partial charge on any atom is -0.388 e. The Bertz CT molecular complexity index is 795. The standard InChI is InChI=1S/C21H26N4/c1-5-9-16-14-17(12-13-18(16)23-2)20-19(15-10-7-6-8-11-15)24(3)21(22)25(20)4/h5-8,10-14,21,23H,1,9,22H2,2-4H3. The third-order valence-electron chi connectivity index (χ3n) is 4.78. The molecule has 4 heteroatoms. The molecular formula is C21H26N4. The van der Waals surface area contributed by atoms with E-state index < -0.39 is 0 Å². The molecule has 1 aliphatic rings. The summed E-state index contributed by atoms with van der Waals surface area (Å²) in [5.41, 5.74) is 13.4. The van der Waals surface area contributed by atoms with Crippen molar-refractivity contribution in [3.05, 3.63) is 77.9 Å². The van der Waals surface area contributed by atoms with Crippen LogP contribution in [0.1, 0.15) is 16.7 Å². The first-order valence-corrected chi connectivity index (χ1v) is 8.51. The largest absolute Gasteiger partial charge is 0.388 e. The molecule has 130 valence electrons. The number of anilines is 1. The van der Waals surface area contributed by atoms with Crippen molar-refractivity contribution in [1.29, 1.82) is 0 Å². The summed E-state index contributed by atoms with van der Waals surface area (Å²) in [6.45, 7) is 3.88. The van der Waals surface area contributed by atoms with Gasteiger partial charge in [-0.25, -0.2) is 0 Å². The van der Waals surface area contributed by atoms with E-state index in [1.807, 2.05) is 33.3 Å². The van der Waals surface area contributed by atoms with Gasteiger partial charge >= 0.3 is 0 Å². The van der Waals surface area contributed by atoms with Crippen LogP contribution in [0.15, 0.2) is 61.2 Å². The second-order valence-electron chi connectivity index (χ2n) is 6.31. The molecule has 0 aliphatic carbocycles. The highest BCUT2D eigenvalue weighted by molar-refractivity contribution is 5.91. The van der Waals surface area contributed by atoms with Crippen LogP contribution in [-0.4, -0.2) is 37.2 Å². The molecule has 0 saturated heterocycles. The molecule has 3 rings (SSSR count). The summed E-state index contributed by atoms with van der Waals surface area (Å²) in [6, 6.07) is 16.9. The van der Waals surface area contributed by atoms with E-state index in [0.29, 0.717) is 0 Å². The van der Waals surface area contributed by atoms with Gasteiger partial charge in [-0.2, -0.15) is 0 Å². The maximum Gasteiger partial charge on any atom is 0.155 e. The van der Waals surface area contributed by atoms with E-state index in [1.54, 1.807) is 0 Å². The zero-order chi connectivity index (χ0) is 18.0. The molecule has 0 amide bonds. The summed E-state index contributed by atoms with van der Waals surface area (Å²) in [5.74, 6) is 0. The average molecular weight is 334 g/mol. The van der Waals surface area contributed by atoms with E-state index >= 15 is 0 Å². The van der Waals surface area contributed by atoms with Crippen molar-refractivity contribution >= 4 is 17.1 Å². The van der Waals surface area contributed by atoms with Crippen LogP contribution in [0.2, 0.25) is 0 Å². The first-order valence-electron chi connectivity index (χ1n) is 8.51. The molecule has 0 bridgehead atoms. The fourth-order valence-electron chi connectivity index (χ4n) is 3.44. The lowest BCUT2D eigenvalue weighted by Crippen LogP contribution is -2.43. The molecule has 0 fully saturated rings. The fraction of sp³-hybridized carbons (Fsp3) is 0.238. The number of rotatable bonds is 5. The van der Waals surface area contributed by atoms with Crippen molar-refractivity contribution < 1.29 is 0 Å². The summed E-state index contributed by atoms with van der Waals surface area (Å²) in [5, 5.41) is 3.26. The lowest BCUT2D eigenvalue weighted by Gasteiger charge is -2.26. The van der Waals surface area contributed by atoms with Gasteiger partial charge in [0.2, 0.25) is 0 Å². The monoisotopic (exact) mass is 334 g/mol. The van der Waals surface area contributed by atoms with Gasteiger partial charge < -0.3 is 15.1 Å². The number of hydrogen-bond donors (Lipinski definition) is 2. The van der Waals surface area contributed by atoms with E-state index in [-0.39, 0.29) is 6.29 Å². The van der Waals surface area contributed by atoms with Crippen LogP contribution in [0.3, 0.4) is 0 Å². The summed E-state index contributed by atoms with van der Waals surface area (Å²) in [4.78, 5) is 4.26. The molecule has 1 aliphatic heterocycles. The summed E-state index contributed by atoms with van der Waals surface area (Å²) < 4.78 is 0. The zero-order valence-electron chi connectivity index (χ0n) is 15.2. The van der Waals surface area contributed by atoms with Gasteiger partial charge in [0.25, 0.3) is 0 Å². The predicted molar refractivity (Wildman–Crippen MR) is 107 cm³/mol. The number of allylic oxidation sites excluding steroid dienone is 1. The molecule has 0 saturated carbocycles. The molecule has 0 spiro atoms. The normalized spacial score (nSPS) is 17.2. The third kappa shape index (κ3) is 3.01. The number of nitrogens with zero attached hydrogens (tertiary/aromatic N) is 2. The van der Waals surface area contributed by atoms with Gasteiger partial charge in [-0.15, -0.1) is 6.58 Å². The average Bonchev–Trinajstić information content (AvgIpc) is 2.87. The first-order chi connectivity index (χ1) is 12.1. The molecule has 25 heavy (non-hydrogen) atoms. The van der Waals surface area contributed by atoms with Crippen molar-refractivity contribution in [2.24, 2.45) is 5.73 Å². The van der Waals surface area contributed by atoms with Crippen LogP contribution in [-0.2, 0) is 6.42 Å². The minimum atomic E-state index is -0.183. The topological polar surface area (TPSA) is 44.5 Å². The highest BCUT2D eigenvalue weighted by atomic mass is 15.5. The van der Waals surface area contributed by atoms with Gasteiger partial charge in [0.1, 0.15) is 0 Å². The lowest BCUT2D eigenvalue weighted by atomic mass is 10.0. The predicted octanol–water partition coefficient (Wildman–Crippen LogP) is 3.40. The van der Waals surface area contributed by atoms with Gasteiger partial charge in [-0.1, -0.05) is 42.5 Å². The number of nitrogens with two attached hydrogens (primary N) is 1. The van der Waals surface area contributed by atoms with Crippen molar-refractivity contribution in [1.82, 2.24) is 9.80 Å². The summed E-state index contributed by atoms with van der Waals surface area (Å²) in [7, 11) is 6.04. The zero-order valence-corrected chi connectivity index (χ0v) is 15.2. The molecule has 2 aromatic carbocycles. The maximum atomic E-state index is 6.41. The Labute approximate surface area is 150 Å². The number of nitrogens with one attached hydrogen (secondary N) is 1. The second kappa shape index (κ2) is 7.03. The van der Waals surface area contributed by atoms with E-state index in [2.05, 4.69) is 64.2 Å². The molecule has 1 heterocycles. The molecule has 1 atom stereocenters. The van der Waals surface area contributed by atoms with Crippen LogP contribution >= 0.6 is 0 Å². The van der Waals surface area contributed by atoms with E-state index in [4.69, 9.17) is 5.73 Å². The van der Waals surface area contributed by atoms with Gasteiger partial charge in [0, 0.05) is 38.0 Å². The number of benzene rings is 2. The second-order valence-corrected chi connectivity index (χ2v) is 6.31. The van der Waals surface area contributed by atoms with Gasteiger partial charge in [0.05, 0.1) is 11.4 Å². The van der Waals surface area contributed by atoms with Crippen LogP contribution in [0.4, 0.5) is 5.69 Å². The van der Waals surface area contributed by atoms with Crippen LogP contribution in [0.5, 0.6) is 0 Å². The van der Waals surface area contributed by atoms with Crippen molar-refractivity contribution in [2.45, 2.75) is 12.7 Å². The van der Waals surface area contributed by atoms with E-state index in [0.717, 1.165) is 29.1 Å². The van der Waals surface area contributed by atoms with E-state index in [1.165, 1.54) is 11.1 Å². The Hall–Kier alpha value is -2.72. The highest BCUT2D eigenvalue weighted by Gasteiger charge is 2.32. The molecular weight excluding hydrogens is 308 g/mol. The Balaban J connectivity index is 2.19. The van der Waals surface area contributed by atoms with Crippen LogP contribution in [0, 0.1) is 0 Å². The lowest BCUT2D eigenvalue weighted by molar-refractivity contribution is 0.226. The summed E-state index contributed by atoms with van der Waals surface area (Å²) in [6.07, 6.45) is 2.57. The van der Waals surface area contributed by atoms with Crippen molar-refractivity contribution in [2.75, 3.05) is 26.5 Å². The Morgan fingerprint density at radius 3 is 2.28 bits per heavy atom. The van der Waals surface area contributed by atoms with Crippen LogP contribution < -0.4 is 11.1 Å². The molecule has 0 radical (unpaired) electrons. The third-order valence-corrected chi connectivity index (χ3v) is 4.78. The van der Waals surface area contributed by atoms with Gasteiger partial charge in [0.15, 0.2) is 6.29 Å². The fourth-order valence-corrected chi connectivity index (χ4v) is 3.44. The molecule has 1 unspecified atom stereocenters. The molecule has 2 aromatic rings. The highest BCUT2D eigenvalue weighted by Crippen LogP contribution is 2.38. The Kier molecular flexibility index (Phi) is 4.81. The molecule has 0 aromatic heterocycles. The van der Waals surface area contributed by atoms with Crippen LogP contribution in [0.25, 0.3) is 11.4 Å². The minimum absolute atomic E-state index is 0.183. The van der Waals surface area contributed by atoms with Crippen molar-refractivity contribution in [3.8, 4) is 0 Å². The Morgan fingerprint density at radius 1 is 1.04 bits per heavy atom. The van der Waals surface area contributed by atoms with E-state index in [9.17, 15) is 0 Å². The molecule has 3 N–H and O–H groups in total.